The number of hydrogen-bond acceptors (Lipinski definition) is 2. The predicted octanol–water partition coefficient (Wildman–Crippen LogP) is 3.35. The van der Waals surface area contributed by atoms with E-state index in [1.165, 1.54) is 23.1 Å². The zero-order valence-corrected chi connectivity index (χ0v) is 12.0. The topological polar surface area (TPSA) is 15.3 Å². The lowest BCUT2D eigenvalue weighted by molar-refractivity contribution is 0.226. The van der Waals surface area contributed by atoms with E-state index in [4.69, 9.17) is 0 Å². The molecule has 1 heterocycles. The third-order valence-electron chi connectivity index (χ3n) is 4.13. The van der Waals surface area contributed by atoms with Crippen LogP contribution < -0.4 is 5.32 Å². The third kappa shape index (κ3) is 2.92. The first-order chi connectivity index (χ1) is 9.84. The summed E-state index contributed by atoms with van der Waals surface area (Å²) in [6.07, 6.45) is 1.17. The largest absolute Gasteiger partial charge is 0.313 e. The molecule has 0 saturated heterocycles. The van der Waals surface area contributed by atoms with E-state index >= 15 is 0 Å². The second-order valence-corrected chi connectivity index (χ2v) is 5.58. The van der Waals surface area contributed by atoms with Crippen LogP contribution in [0.3, 0.4) is 0 Å². The number of rotatable bonds is 3. The molecule has 0 spiro atoms. The van der Waals surface area contributed by atoms with Crippen LogP contribution >= 0.6 is 0 Å². The Kier molecular flexibility index (Phi) is 4.14. The summed E-state index contributed by atoms with van der Waals surface area (Å²) in [5.74, 6) is 0. The van der Waals surface area contributed by atoms with Gasteiger partial charge in [-0.15, -0.1) is 0 Å². The lowest BCUT2D eigenvalue weighted by atomic mass is 9.98. The van der Waals surface area contributed by atoms with Crippen molar-refractivity contribution in [3.8, 4) is 0 Å². The van der Waals surface area contributed by atoms with Crippen molar-refractivity contribution >= 4 is 0 Å². The maximum atomic E-state index is 3.53. The molecule has 1 aliphatic heterocycles. The minimum absolute atomic E-state index is 0.501. The van der Waals surface area contributed by atoms with E-state index < -0.39 is 0 Å². The summed E-state index contributed by atoms with van der Waals surface area (Å²) in [5.41, 5.74) is 4.30. The number of nitrogens with one attached hydrogen (secondary N) is 1. The van der Waals surface area contributed by atoms with E-state index in [9.17, 15) is 0 Å². The van der Waals surface area contributed by atoms with E-state index in [1.807, 2.05) is 0 Å². The van der Waals surface area contributed by atoms with Crippen LogP contribution in [0.4, 0.5) is 0 Å². The quantitative estimate of drug-likeness (QED) is 0.916. The van der Waals surface area contributed by atoms with Crippen LogP contribution in [0.1, 0.15) is 29.2 Å². The van der Waals surface area contributed by atoms with Gasteiger partial charge in [0.05, 0.1) is 0 Å². The maximum Gasteiger partial charge on any atom is 0.0363 e. The lowest BCUT2D eigenvalue weighted by Gasteiger charge is -2.28. The number of benzene rings is 2. The first kappa shape index (κ1) is 13.3. The molecule has 0 bridgehead atoms. The van der Waals surface area contributed by atoms with Crippen LogP contribution in [0, 0.1) is 0 Å². The summed E-state index contributed by atoms with van der Waals surface area (Å²) in [5, 5.41) is 3.53. The zero-order chi connectivity index (χ0) is 13.8. The Hall–Kier alpha value is -1.64. The molecular formula is C18H22N2. The van der Waals surface area contributed by atoms with Crippen molar-refractivity contribution in [2.45, 2.75) is 25.6 Å². The fourth-order valence-corrected chi connectivity index (χ4v) is 3.08. The minimum Gasteiger partial charge on any atom is -0.313 e. The molecule has 20 heavy (non-hydrogen) atoms. The van der Waals surface area contributed by atoms with E-state index in [0.717, 1.165) is 19.6 Å². The Labute approximate surface area is 121 Å². The molecule has 0 aromatic heterocycles. The van der Waals surface area contributed by atoms with Crippen molar-refractivity contribution in [2.24, 2.45) is 0 Å². The summed E-state index contributed by atoms with van der Waals surface area (Å²) in [6, 6.07) is 20.1. The van der Waals surface area contributed by atoms with E-state index in [1.54, 1.807) is 0 Å². The van der Waals surface area contributed by atoms with Gasteiger partial charge in [0.25, 0.3) is 0 Å². The van der Waals surface area contributed by atoms with Crippen molar-refractivity contribution in [3.63, 3.8) is 0 Å². The molecule has 1 N–H and O–H groups in total. The molecule has 1 aliphatic rings. The Morgan fingerprint density at radius 3 is 2.65 bits per heavy atom. The van der Waals surface area contributed by atoms with Crippen molar-refractivity contribution < 1.29 is 0 Å². The normalized spacial score (nSPS) is 18.6. The number of hydrogen-bond donors (Lipinski definition) is 1. The molecule has 0 amide bonds. The smallest absolute Gasteiger partial charge is 0.0363 e. The van der Waals surface area contributed by atoms with E-state index in [0.29, 0.717) is 6.04 Å². The highest BCUT2D eigenvalue weighted by atomic mass is 15.1. The lowest BCUT2D eigenvalue weighted by Crippen LogP contribution is -2.25. The van der Waals surface area contributed by atoms with Crippen molar-refractivity contribution in [3.05, 3.63) is 71.3 Å². The van der Waals surface area contributed by atoms with Gasteiger partial charge in [0.15, 0.2) is 0 Å². The predicted molar refractivity (Wildman–Crippen MR) is 83.4 cm³/mol. The van der Waals surface area contributed by atoms with E-state index in [-0.39, 0.29) is 0 Å². The van der Waals surface area contributed by atoms with Crippen molar-refractivity contribution in [1.29, 1.82) is 0 Å². The van der Waals surface area contributed by atoms with Crippen LogP contribution in [0.25, 0.3) is 0 Å². The van der Waals surface area contributed by atoms with Gasteiger partial charge in [0.2, 0.25) is 0 Å². The van der Waals surface area contributed by atoms with Gasteiger partial charge < -0.3 is 5.32 Å². The van der Waals surface area contributed by atoms with Crippen LogP contribution in [0.15, 0.2) is 54.6 Å². The number of fused-ring (bicyclic) bond motifs is 1. The van der Waals surface area contributed by atoms with E-state index in [2.05, 4.69) is 71.9 Å². The summed E-state index contributed by atoms with van der Waals surface area (Å²) in [7, 11) is 2.24. The Balaban J connectivity index is 1.82. The van der Waals surface area contributed by atoms with Gasteiger partial charge in [0, 0.05) is 19.1 Å². The average Bonchev–Trinajstić information content (AvgIpc) is 2.70. The molecule has 0 fully saturated rings. The molecule has 3 rings (SSSR count). The average molecular weight is 266 g/mol. The van der Waals surface area contributed by atoms with Crippen LogP contribution in [-0.2, 0) is 13.1 Å². The van der Waals surface area contributed by atoms with Gasteiger partial charge >= 0.3 is 0 Å². The highest BCUT2D eigenvalue weighted by Crippen LogP contribution is 2.29. The fraction of sp³-hybridized carbons (Fsp3) is 0.333. The summed E-state index contributed by atoms with van der Waals surface area (Å²) in [4.78, 5) is 2.47. The van der Waals surface area contributed by atoms with Gasteiger partial charge in [0.1, 0.15) is 0 Å². The first-order valence-electron chi connectivity index (χ1n) is 7.37. The molecular weight excluding hydrogens is 244 g/mol. The molecule has 2 heteroatoms. The molecule has 0 aliphatic carbocycles. The first-order valence-corrected chi connectivity index (χ1v) is 7.37. The zero-order valence-electron chi connectivity index (χ0n) is 12.0. The van der Waals surface area contributed by atoms with Crippen LogP contribution in [0.2, 0.25) is 0 Å². The highest BCUT2D eigenvalue weighted by molar-refractivity contribution is 5.31. The maximum absolute atomic E-state index is 3.53. The fourth-order valence-electron chi connectivity index (χ4n) is 3.08. The molecule has 2 aromatic rings. The van der Waals surface area contributed by atoms with Gasteiger partial charge in [-0.3, -0.25) is 4.90 Å². The summed E-state index contributed by atoms with van der Waals surface area (Å²) >= 11 is 0. The monoisotopic (exact) mass is 266 g/mol. The SMILES string of the molecule is CN(Cc1ccccc1)C1CCNCc2ccccc21. The molecule has 2 nitrogen and oxygen atoms in total. The van der Waals surface area contributed by atoms with Crippen molar-refractivity contribution in [1.82, 2.24) is 10.2 Å². The Morgan fingerprint density at radius 2 is 1.80 bits per heavy atom. The third-order valence-corrected chi connectivity index (χ3v) is 4.13. The number of nitrogens with zero attached hydrogens (tertiary/aromatic N) is 1. The molecule has 0 radical (unpaired) electrons. The van der Waals surface area contributed by atoms with Crippen molar-refractivity contribution in [2.75, 3.05) is 13.6 Å². The molecule has 104 valence electrons. The molecule has 2 aromatic carbocycles. The van der Waals surface area contributed by atoms with Gasteiger partial charge in [-0.05, 0) is 36.7 Å². The Morgan fingerprint density at radius 1 is 1.05 bits per heavy atom. The molecule has 1 atom stereocenters. The summed E-state index contributed by atoms with van der Waals surface area (Å²) < 4.78 is 0. The van der Waals surface area contributed by atoms with Gasteiger partial charge in [-0.1, -0.05) is 54.6 Å². The van der Waals surface area contributed by atoms with Crippen LogP contribution in [-0.4, -0.2) is 18.5 Å². The minimum atomic E-state index is 0.501. The highest BCUT2D eigenvalue weighted by Gasteiger charge is 2.21. The standard InChI is InChI=1S/C18H22N2/c1-20(14-15-7-3-2-4-8-15)18-11-12-19-13-16-9-5-6-10-17(16)18/h2-10,18-19H,11-14H2,1H3. The second kappa shape index (κ2) is 6.21. The molecule has 0 saturated carbocycles. The second-order valence-electron chi connectivity index (χ2n) is 5.58. The van der Waals surface area contributed by atoms with Crippen LogP contribution in [0.5, 0.6) is 0 Å². The molecule has 1 unspecified atom stereocenters. The van der Waals surface area contributed by atoms with Gasteiger partial charge in [-0.25, -0.2) is 0 Å². The Bertz CT molecular complexity index is 550. The summed E-state index contributed by atoms with van der Waals surface area (Å²) in [6.45, 7) is 3.07. The van der Waals surface area contributed by atoms with Gasteiger partial charge in [-0.2, -0.15) is 0 Å².